The molecule has 0 heterocycles. The molecule has 0 saturated heterocycles. The van der Waals surface area contributed by atoms with Gasteiger partial charge in [-0.05, 0) is 44.3 Å². The highest BCUT2D eigenvalue weighted by Crippen LogP contribution is 2.19. The first-order valence-corrected chi connectivity index (χ1v) is 7.90. The number of benzene rings is 2. The number of para-hydroxylation sites is 1. The van der Waals surface area contributed by atoms with Gasteiger partial charge < -0.3 is 10.1 Å². The number of ether oxygens (including phenoxy) is 1. The number of hydrogen-bond donors (Lipinski definition) is 2. The number of nitro benzene ring substituents is 1. The summed E-state index contributed by atoms with van der Waals surface area (Å²) in [6, 6.07) is 12.8. The lowest BCUT2D eigenvalue weighted by Crippen LogP contribution is -2.34. The van der Waals surface area contributed by atoms with Crippen LogP contribution in [0.5, 0.6) is 5.75 Å². The van der Waals surface area contributed by atoms with E-state index in [1.807, 2.05) is 13.8 Å². The maximum atomic E-state index is 12.2. The zero-order valence-corrected chi connectivity index (χ0v) is 14.5. The van der Waals surface area contributed by atoms with Crippen molar-refractivity contribution in [1.29, 1.82) is 0 Å². The zero-order valence-electron chi connectivity index (χ0n) is 13.7. The van der Waals surface area contributed by atoms with Crippen LogP contribution in [0, 0.1) is 10.1 Å². The summed E-state index contributed by atoms with van der Waals surface area (Å²) in [5.41, 5.74) is 0.287. The lowest BCUT2D eigenvalue weighted by atomic mass is 10.1. The second-order valence-corrected chi connectivity index (χ2v) is 5.79. The average Bonchev–Trinajstić information content (AvgIpc) is 2.54. The van der Waals surface area contributed by atoms with Crippen molar-refractivity contribution >= 4 is 34.6 Å². The van der Waals surface area contributed by atoms with E-state index in [9.17, 15) is 14.9 Å². The minimum atomic E-state index is -0.653. The van der Waals surface area contributed by atoms with E-state index in [1.165, 1.54) is 18.2 Å². The molecular formula is C17H17N3O4S. The zero-order chi connectivity index (χ0) is 18.4. The van der Waals surface area contributed by atoms with E-state index in [0.717, 1.165) is 0 Å². The van der Waals surface area contributed by atoms with Crippen LogP contribution < -0.4 is 15.4 Å². The van der Waals surface area contributed by atoms with Gasteiger partial charge in [-0.1, -0.05) is 18.2 Å². The van der Waals surface area contributed by atoms with Gasteiger partial charge >= 0.3 is 0 Å². The van der Waals surface area contributed by atoms with Gasteiger partial charge in [-0.3, -0.25) is 20.2 Å². The fourth-order valence-electron chi connectivity index (χ4n) is 2.08. The number of anilines is 1. The molecule has 8 heteroatoms. The van der Waals surface area contributed by atoms with Crippen molar-refractivity contribution in [2.24, 2.45) is 0 Å². The van der Waals surface area contributed by atoms with Crippen LogP contribution >= 0.6 is 12.2 Å². The minimum Gasteiger partial charge on any atom is -0.491 e. The lowest BCUT2D eigenvalue weighted by Gasteiger charge is -2.13. The van der Waals surface area contributed by atoms with Gasteiger partial charge in [0.1, 0.15) is 11.3 Å². The first-order valence-electron chi connectivity index (χ1n) is 7.49. The Kier molecular flexibility index (Phi) is 6.02. The number of amides is 1. The molecule has 2 N–H and O–H groups in total. The van der Waals surface area contributed by atoms with E-state index < -0.39 is 10.8 Å². The van der Waals surface area contributed by atoms with Crippen molar-refractivity contribution in [2.45, 2.75) is 20.0 Å². The van der Waals surface area contributed by atoms with Crippen LogP contribution in [0.4, 0.5) is 11.4 Å². The summed E-state index contributed by atoms with van der Waals surface area (Å²) in [5, 5.41) is 16.3. The highest BCUT2D eigenvalue weighted by molar-refractivity contribution is 7.80. The molecule has 130 valence electrons. The molecule has 2 rings (SSSR count). The number of nitrogens with zero attached hydrogens (tertiary/aromatic N) is 1. The predicted molar refractivity (Wildman–Crippen MR) is 99.0 cm³/mol. The summed E-state index contributed by atoms with van der Waals surface area (Å²) in [5.74, 6) is 0.00667. The van der Waals surface area contributed by atoms with E-state index in [0.29, 0.717) is 11.4 Å². The highest BCUT2D eigenvalue weighted by atomic mass is 32.1. The van der Waals surface area contributed by atoms with E-state index in [4.69, 9.17) is 17.0 Å². The fraction of sp³-hybridized carbons (Fsp3) is 0.176. The number of thiocarbonyl (C=S) groups is 1. The summed E-state index contributed by atoms with van der Waals surface area (Å²) in [7, 11) is 0. The van der Waals surface area contributed by atoms with Crippen LogP contribution in [0.25, 0.3) is 0 Å². The molecule has 1 amide bonds. The summed E-state index contributed by atoms with van der Waals surface area (Å²) >= 11 is 5.10. The van der Waals surface area contributed by atoms with Crippen molar-refractivity contribution in [1.82, 2.24) is 5.32 Å². The summed E-state index contributed by atoms with van der Waals surface area (Å²) in [4.78, 5) is 22.6. The first-order chi connectivity index (χ1) is 11.9. The first kappa shape index (κ1) is 18.3. The highest BCUT2D eigenvalue weighted by Gasteiger charge is 2.19. The molecule has 0 unspecified atom stereocenters. The lowest BCUT2D eigenvalue weighted by molar-refractivity contribution is -0.385. The van der Waals surface area contributed by atoms with Crippen LogP contribution in [-0.2, 0) is 0 Å². The summed E-state index contributed by atoms with van der Waals surface area (Å²) in [6.07, 6.45) is 0.0283. The molecule has 2 aromatic rings. The summed E-state index contributed by atoms with van der Waals surface area (Å²) in [6.45, 7) is 3.83. The van der Waals surface area contributed by atoms with Gasteiger partial charge in [0.15, 0.2) is 5.11 Å². The molecule has 0 fully saturated rings. The van der Waals surface area contributed by atoms with Crippen molar-refractivity contribution < 1.29 is 14.5 Å². The smallest absolute Gasteiger partial charge is 0.282 e. The Bertz CT molecular complexity index is 808. The van der Waals surface area contributed by atoms with Crippen LogP contribution in [0.3, 0.4) is 0 Å². The molecule has 0 spiro atoms. The molecule has 0 aliphatic heterocycles. The second kappa shape index (κ2) is 8.20. The maximum Gasteiger partial charge on any atom is 0.282 e. The number of carbonyl (C=O) groups is 1. The van der Waals surface area contributed by atoms with E-state index >= 15 is 0 Å². The molecule has 7 nitrogen and oxygen atoms in total. The van der Waals surface area contributed by atoms with Crippen LogP contribution in [0.2, 0.25) is 0 Å². The van der Waals surface area contributed by atoms with Crippen LogP contribution in [-0.4, -0.2) is 22.0 Å². The largest absolute Gasteiger partial charge is 0.491 e. The fourth-order valence-corrected chi connectivity index (χ4v) is 2.29. The van der Waals surface area contributed by atoms with Crippen molar-refractivity contribution in [2.75, 3.05) is 5.32 Å². The van der Waals surface area contributed by atoms with Gasteiger partial charge in [0, 0.05) is 17.8 Å². The normalized spacial score (nSPS) is 10.2. The molecule has 25 heavy (non-hydrogen) atoms. The number of carbonyl (C=O) groups excluding carboxylic acids is 1. The monoisotopic (exact) mass is 359 g/mol. The second-order valence-electron chi connectivity index (χ2n) is 5.38. The van der Waals surface area contributed by atoms with Crippen molar-refractivity contribution in [3.63, 3.8) is 0 Å². The predicted octanol–water partition coefficient (Wildman–Crippen LogP) is 3.51. The Labute approximate surface area is 150 Å². The third-order valence-electron chi connectivity index (χ3n) is 3.04. The molecule has 0 bridgehead atoms. The SMILES string of the molecule is CC(C)Oc1cccc(NC(=S)NC(=O)c2ccccc2[N+](=O)[O-])c1. The molecule has 0 atom stereocenters. The average molecular weight is 359 g/mol. The number of rotatable bonds is 5. The molecule has 0 aromatic heterocycles. The van der Waals surface area contributed by atoms with Gasteiger partial charge in [0.2, 0.25) is 0 Å². The molecule has 2 aromatic carbocycles. The Balaban J connectivity index is 2.06. The van der Waals surface area contributed by atoms with Gasteiger partial charge in [-0.2, -0.15) is 0 Å². The Morgan fingerprint density at radius 2 is 1.92 bits per heavy atom. The Morgan fingerprint density at radius 3 is 2.60 bits per heavy atom. The standard InChI is InChI=1S/C17H17N3O4S/c1-11(2)24-13-7-5-6-12(10-13)18-17(25)19-16(21)14-8-3-4-9-15(14)20(22)23/h3-11H,1-2H3,(H2,18,19,21,25). The quantitative estimate of drug-likeness (QED) is 0.482. The molecule has 0 aliphatic rings. The van der Waals surface area contributed by atoms with Gasteiger partial charge in [0.25, 0.3) is 11.6 Å². The van der Waals surface area contributed by atoms with Crippen LogP contribution in [0.1, 0.15) is 24.2 Å². The van der Waals surface area contributed by atoms with Crippen molar-refractivity contribution in [3.8, 4) is 5.75 Å². The molecule has 0 saturated carbocycles. The third-order valence-corrected chi connectivity index (χ3v) is 3.24. The van der Waals surface area contributed by atoms with E-state index in [1.54, 1.807) is 30.3 Å². The van der Waals surface area contributed by atoms with Gasteiger partial charge in [-0.25, -0.2) is 0 Å². The number of nitro groups is 1. The molecule has 0 aliphatic carbocycles. The topological polar surface area (TPSA) is 93.5 Å². The Hall–Kier alpha value is -3.00. The Morgan fingerprint density at radius 1 is 1.20 bits per heavy atom. The van der Waals surface area contributed by atoms with Gasteiger partial charge in [0.05, 0.1) is 11.0 Å². The number of nitrogens with one attached hydrogen (secondary N) is 2. The maximum absolute atomic E-state index is 12.2. The molecular weight excluding hydrogens is 342 g/mol. The van der Waals surface area contributed by atoms with E-state index in [2.05, 4.69) is 10.6 Å². The third kappa shape index (κ3) is 5.25. The number of hydrogen-bond acceptors (Lipinski definition) is 5. The van der Waals surface area contributed by atoms with Crippen LogP contribution in [0.15, 0.2) is 48.5 Å². The minimum absolute atomic E-state index is 0.0283. The molecule has 0 radical (unpaired) electrons. The summed E-state index contributed by atoms with van der Waals surface area (Å²) < 4.78 is 5.58. The van der Waals surface area contributed by atoms with Crippen molar-refractivity contribution in [3.05, 3.63) is 64.2 Å². The van der Waals surface area contributed by atoms with Gasteiger partial charge in [-0.15, -0.1) is 0 Å². The van der Waals surface area contributed by atoms with E-state index in [-0.39, 0.29) is 22.5 Å².